The molecule has 0 unspecified atom stereocenters. The second-order valence-corrected chi connectivity index (χ2v) is 7.66. The molecule has 122 valence electrons. The summed E-state index contributed by atoms with van der Waals surface area (Å²) < 4.78 is 25.8. The van der Waals surface area contributed by atoms with E-state index in [1.807, 2.05) is 16.9 Å². The minimum absolute atomic E-state index is 0.0767. The van der Waals surface area contributed by atoms with Gasteiger partial charge >= 0.3 is 0 Å². The maximum atomic E-state index is 11.9. The summed E-state index contributed by atoms with van der Waals surface area (Å²) >= 11 is 0. The molecular weight excluding hydrogens is 310 g/mol. The lowest BCUT2D eigenvalue weighted by Crippen LogP contribution is -2.28. The first kappa shape index (κ1) is 17.2. The van der Waals surface area contributed by atoms with Gasteiger partial charge < -0.3 is 0 Å². The van der Waals surface area contributed by atoms with Crippen LogP contribution in [-0.2, 0) is 21.2 Å². The molecule has 0 aliphatic heterocycles. The maximum Gasteiger partial charge on any atom is 0.264 e. The van der Waals surface area contributed by atoms with Gasteiger partial charge in [0.25, 0.3) is 10.0 Å². The molecule has 2 aromatic carbocycles. The average molecular weight is 331 g/mol. The number of hydrogen-bond acceptors (Lipinski definition) is 3. The fourth-order valence-electron chi connectivity index (χ4n) is 2.38. The summed E-state index contributed by atoms with van der Waals surface area (Å²) in [7, 11) is -3.78. The van der Waals surface area contributed by atoms with Crippen LogP contribution >= 0.6 is 0 Å². The van der Waals surface area contributed by atoms with Crippen molar-refractivity contribution < 1.29 is 13.2 Å². The van der Waals surface area contributed by atoms with Crippen molar-refractivity contribution >= 4 is 15.9 Å². The summed E-state index contributed by atoms with van der Waals surface area (Å²) in [5.41, 5.74) is 3.25. The Labute approximate surface area is 137 Å². The second kappa shape index (κ2) is 6.96. The molecule has 23 heavy (non-hydrogen) atoms. The van der Waals surface area contributed by atoms with Crippen molar-refractivity contribution in [3.63, 3.8) is 0 Å². The Hall–Kier alpha value is -2.14. The molecule has 0 fully saturated rings. The first-order chi connectivity index (χ1) is 10.8. The Kier molecular flexibility index (Phi) is 5.21. The summed E-state index contributed by atoms with van der Waals surface area (Å²) in [6, 6.07) is 14.8. The molecule has 1 amide bonds. The van der Waals surface area contributed by atoms with E-state index < -0.39 is 15.9 Å². The minimum Gasteiger partial charge on any atom is -0.274 e. The fraction of sp³-hybridized carbons (Fsp3) is 0.278. The van der Waals surface area contributed by atoms with Crippen LogP contribution in [0.2, 0.25) is 0 Å². The highest BCUT2D eigenvalue weighted by molar-refractivity contribution is 7.90. The Bertz CT molecular complexity index is 776. The number of carbonyl (C=O) groups excluding carboxylic acids is 1. The largest absolute Gasteiger partial charge is 0.274 e. The average Bonchev–Trinajstić information content (AvgIpc) is 2.46. The maximum absolute atomic E-state index is 11.9. The van der Waals surface area contributed by atoms with E-state index in [1.54, 1.807) is 12.1 Å². The first-order valence-corrected chi connectivity index (χ1v) is 8.99. The van der Waals surface area contributed by atoms with Crippen molar-refractivity contribution in [3.8, 4) is 11.1 Å². The Morgan fingerprint density at radius 1 is 0.957 bits per heavy atom. The van der Waals surface area contributed by atoms with E-state index in [-0.39, 0.29) is 4.90 Å². The summed E-state index contributed by atoms with van der Waals surface area (Å²) in [6.07, 6.45) is 1.04. The third kappa shape index (κ3) is 4.66. The van der Waals surface area contributed by atoms with Gasteiger partial charge in [-0.15, -0.1) is 0 Å². The number of hydrogen-bond donors (Lipinski definition) is 1. The number of sulfonamides is 1. The van der Waals surface area contributed by atoms with Crippen LogP contribution in [0.1, 0.15) is 26.3 Å². The lowest BCUT2D eigenvalue weighted by atomic mass is 9.99. The summed E-state index contributed by atoms with van der Waals surface area (Å²) in [5.74, 6) is 0.00827. The summed E-state index contributed by atoms with van der Waals surface area (Å²) in [4.78, 5) is 11.0. The molecule has 0 heterocycles. The molecule has 0 bridgehead atoms. The zero-order chi connectivity index (χ0) is 17.0. The molecule has 0 aliphatic carbocycles. The topological polar surface area (TPSA) is 63.2 Å². The molecule has 4 nitrogen and oxygen atoms in total. The molecule has 0 aliphatic rings. The van der Waals surface area contributed by atoms with Gasteiger partial charge in [-0.1, -0.05) is 50.2 Å². The quantitative estimate of drug-likeness (QED) is 0.913. The third-order valence-electron chi connectivity index (χ3n) is 3.37. The van der Waals surface area contributed by atoms with Crippen LogP contribution in [0.4, 0.5) is 0 Å². The smallest absolute Gasteiger partial charge is 0.264 e. The van der Waals surface area contributed by atoms with Gasteiger partial charge in [-0.05, 0) is 41.2 Å². The molecule has 5 heteroatoms. The predicted molar refractivity (Wildman–Crippen MR) is 91.4 cm³/mol. The normalized spacial score (nSPS) is 11.5. The van der Waals surface area contributed by atoms with E-state index in [2.05, 4.69) is 26.0 Å². The highest BCUT2D eigenvalue weighted by Gasteiger charge is 2.15. The lowest BCUT2D eigenvalue weighted by Gasteiger charge is -2.08. The van der Waals surface area contributed by atoms with Crippen molar-refractivity contribution in [2.45, 2.75) is 32.1 Å². The zero-order valence-corrected chi connectivity index (χ0v) is 14.4. The van der Waals surface area contributed by atoms with E-state index >= 15 is 0 Å². The van der Waals surface area contributed by atoms with Crippen LogP contribution in [0.25, 0.3) is 11.1 Å². The predicted octanol–water partition coefficient (Wildman–Crippen LogP) is 3.38. The van der Waals surface area contributed by atoms with Crippen LogP contribution < -0.4 is 4.72 Å². The fourth-order valence-corrected chi connectivity index (χ4v) is 3.37. The van der Waals surface area contributed by atoms with Gasteiger partial charge in [-0.2, -0.15) is 0 Å². The van der Waals surface area contributed by atoms with Crippen molar-refractivity contribution in [2.24, 2.45) is 5.92 Å². The van der Waals surface area contributed by atoms with Gasteiger partial charge in [-0.3, -0.25) is 4.79 Å². The highest BCUT2D eigenvalue weighted by atomic mass is 32.2. The summed E-state index contributed by atoms with van der Waals surface area (Å²) in [6.45, 7) is 5.54. The lowest BCUT2D eigenvalue weighted by molar-refractivity contribution is -0.117. The SMILES string of the molecule is CC(=O)NS(=O)(=O)c1ccc(-c2ccc(CC(C)C)cc2)cc1. The summed E-state index contributed by atoms with van der Waals surface area (Å²) in [5, 5.41) is 0. The van der Waals surface area contributed by atoms with Gasteiger partial charge in [0.1, 0.15) is 0 Å². The van der Waals surface area contributed by atoms with E-state index in [1.165, 1.54) is 24.6 Å². The molecule has 0 radical (unpaired) electrons. The molecule has 0 spiro atoms. The number of rotatable bonds is 5. The van der Waals surface area contributed by atoms with Gasteiger partial charge in [0.05, 0.1) is 4.90 Å². The molecule has 0 saturated carbocycles. The minimum atomic E-state index is -3.78. The Morgan fingerprint density at radius 2 is 1.43 bits per heavy atom. The van der Waals surface area contributed by atoms with Crippen LogP contribution in [0.3, 0.4) is 0 Å². The number of amides is 1. The number of carbonyl (C=O) groups is 1. The highest BCUT2D eigenvalue weighted by Crippen LogP contribution is 2.22. The van der Waals surface area contributed by atoms with E-state index in [0.29, 0.717) is 5.92 Å². The molecule has 0 atom stereocenters. The van der Waals surface area contributed by atoms with Crippen LogP contribution in [0.5, 0.6) is 0 Å². The van der Waals surface area contributed by atoms with Gasteiger partial charge in [0, 0.05) is 6.92 Å². The third-order valence-corrected chi connectivity index (χ3v) is 4.82. The second-order valence-electron chi connectivity index (χ2n) is 5.98. The molecule has 0 aromatic heterocycles. The van der Waals surface area contributed by atoms with E-state index in [0.717, 1.165) is 17.5 Å². The Morgan fingerprint density at radius 3 is 1.87 bits per heavy atom. The number of nitrogens with one attached hydrogen (secondary N) is 1. The number of benzene rings is 2. The van der Waals surface area contributed by atoms with Crippen LogP contribution in [0.15, 0.2) is 53.4 Å². The molecule has 2 rings (SSSR count). The van der Waals surface area contributed by atoms with Crippen molar-refractivity contribution in [2.75, 3.05) is 0 Å². The molecule has 0 saturated heterocycles. The monoisotopic (exact) mass is 331 g/mol. The Balaban J connectivity index is 2.21. The van der Waals surface area contributed by atoms with Gasteiger partial charge in [-0.25, -0.2) is 13.1 Å². The van der Waals surface area contributed by atoms with Crippen molar-refractivity contribution in [1.82, 2.24) is 4.72 Å². The van der Waals surface area contributed by atoms with Gasteiger partial charge in [0.15, 0.2) is 0 Å². The molecular formula is C18H21NO3S. The standard InChI is InChI=1S/C18H21NO3S/c1-13(2)12-15-4-6-16(7-5-15)17-8-10-18(11-9-17)23(21,22)19-14(3)20/h4-11,13H,12H2,1-3H3,(H,19,20). The molecule has 1 N–H and O–H groups in total. The van der Waals surface area contributed by atoms with E-state index in [4.69, 9.17) is 0 Å². The first-order valence-electron chi connectivity index (χ1n) is 7.50. The zero-order valence-electron chi connectivity index (χ0n) is 13.5. The van der Waals surface area contributed by atoms with Crippen LogP contribution in [0, 0.1) is 5.92 Å². The molecule has 2 aromatic rings. The van der Waals surface area contributed by atoms with Gasteiger partial charge in [0.2, 0.25) is 5.91 Å². The van der Waals surface area contributed by atoms with Crippen molar-refractivity contribution in [3.05, 3.63) is 54.1 Å². The van der Waals surface area contributed by atoms with Crippen LogP contribution in [-0.4, -0.2) is 14.3 Å². The van der Waals surface area contributed by atoms with Crippen molar-refractivity contribution in [1.29, 1.82) is 0 Å². The van der Waals surface area contributed by atoms with E-state index in [9.17, 15) is 13.2 Å².